The summed E-state index contributed by atoms with van der Waals surface area (Å²) in [5, 5.41) is 0. The first-order chi connectivity index (χ1) is 1.00. The van der Waals surface area contributed by atoms with Crippen molar-refractivity contribution in [1.29, 1.82) is 0 Å². The van der Waals surface area contributed by atoms with Crippen LogP contribution in [0.3, 0.4) is 0 Å². The molecule has 4 heavy (non-hydrogen) atoms. The summed E-state index contributed by atoms with van der Waals surface area (Å²) in [5.74, 6) is 0. The Morgan fingerprint density at radius 1 is 1.25 bits per heavy atom. The first-order valence-electron chi connectivity index (χ1n) is 0.378. The predicted octanol–water partition coefficient (Wildman–Crippen LogP) is -1.19. The van der Waals surface area contributed by atoms with Gasteiger partial charge in [0.1, 0.15) is 0 Å². The summed E-state index contributed by atoms with van der Waals surface area (Å²) in [7, 11) is 1.12. The quantitative estimate of drug-likeness (QED) is 0.489. The Morgan fingerprint density at radius 3 is 1.25 bits per heavy atom. The SMILES string of the molecule is [Cu].[SiH3][Mn].[W]. The van der Waals surface area contributed by atoms with Crippen molar-refractivity contribution in [1.82, 2.24) is 0 Å². The van der Waals surface area contributed by atoms with E-state index in [1.54, 1.807) is 0 Å². The van der Waals surface area contributed by atoms with Gasteiger partial charge in [-0.05, 0) is 0 Å². The van der Waals surface area contributed by atoms with Gasteiger partial charge in [0.2, 0.25) is 0 Å². The maximum Gasteiger partial charge on any atom is 0 e. The fourth-order valence-electron chi connectivity index (χ4n) is 0. The van der Waals surface area contributed by atoms with Crippen LogP contribution >= 0.6 is 0 Å². The molecule has 0 unspecified atom stereocenters. The Morgan fingerprint density at radius 2 is 1.25 bits per heavy atom. The average Bonchev–Trinajstić information content (AvgIpc) is 1.00. The zero-order valence-corrected chi connectivity index (χ0v) is 9.14. The molecule has 0 aromatic rings. The van der Waals surface area contributed by atoms with E-state index in [2.05, 4.69) is 15.4 Å². The molecule has 0 fully saturated rings. The Labute approximate surface area is 61.9 Å². The molecule has 0 aromatic heterocycles. The molecule has 0 saturated heterocycles. The minimum absolute atomic E-state index is 0. The third kappa shape index (κ3) is 9.05. The van der Waals surface area contributed by atoms with Gasteiger partial charge in [-0.2, -0.15) is 0 Å². The van der Waals surface area contributed by atoms with Crippen LogP contribution in [0.5, 0.6) is 0 Å². The largest absolute Gasteiger partial charge is 0 e. The van der Waals surface area contributed by atoms with Gasteiger partial charge in [-0.15, -0.1) is 0 Å². The summed E-state index contributed by atoms with van der Waals surface area (Å²) in [4.78, 5) is 0. The molecule has 0 aliphatic heterocycles. The van der Waals surface area contributed by atoms with Crippen molar-refractivity contribution in [3.63, 3.8) is 0 Å². The molecule has 4 heteroatoms. The molecule has 0 amide bonds. The Bertz CT molecular complexity index is 8.00. The third-order valence-electron chi connectivity index (χ3n) is 0. The minimum atomic E-state index is 0. The molecule has 0 nitrogen and oxygen atoms in total. The molecular formula is H3CuMnSiW. The molecule has 0 atom stereocenters. The van der Waals surface area contributed by atoms with E-state index < -0.39 is 0 Å². The van der Waals surface area contributed by atoms with E-state index in [0.29, 0.717) is 0 Å². The van der Waals surface area contributed by atoms with Crippen molar-refractivity contribution in [2.24, 2.45) is 0 Å². The van der Waals surface area contributed by atoms with E-state index in [0.717, 1.165) is 8.85 Å². The van der Waals surface area contributed by atoms with Crippen LogP contribution in [0.4, 0.5) is 0 Å². The van der Waals surface area contributed by atoms with Crippen LogP contribution in [0.25, 0.3) is 0 Å². The summed E-state index contributed by atoms with van der Waals surface area (Å²) < 4.78 is 0. The van der Waals surface area contributed by atoms with Gasteiger partial charge in [-0.3, -0.25) is 0 Å². The molecule has 31 valence electrons. The van der Waals surface area contributed by atoms with Gasteiger partial charge >= 0.3 is 24.2 Å². The average molecular weight is 333 g/mol. The van der Waals surface area contributed by atoms with E-state index in [-0.39, 0.29) is 38.1 Å². The summed E-state index contributed by atoms with van der Waals surface area (Å²) in [5.41, 5.74) is 0. The van der Waals surface area contributed by atoms with E-state index in [1.165, 1.54) is 0 Å². The molecule has 0 bridgehead atoms. The second-order valence-corrected chi connectivity index (χ2v) is 0. The predicted molar refractivity (Wildman–Crippen MR) is 9.94 cm³/mol. The van der Waals surface area contributed by atoms with Crippen LogP contribution in [0.15, 0.2) is 0 Å². The van der Waals surface area contributed by atoms with Gasteiger partial charge in [-0.1, -0.05) is 0 Å². The van der Waals surface area contributed by atoms with Gasteiger partial charge in [0.05, 0.1) is 0 Å². The van der Waals surface area contributed by atoms with E-state index >= 15 is 0 Å². The maximum atomic E-state index is 3.08. The fraction of sp³-hybridized carbons (Fsp3) is 0. The Kier molecular flexibility index (Phi) is 85.3. The summed E-state index contributed by atoms with van der Waals surface area (Å²) in [6, 6.07) is 0. The van der Waals surface area contributed by atoms with Crippen LogP contribution in [0.1, 0.15) is 0 Å². The van der Waals surface area contributed by atoms with Crippen LogP contribution in [0, 0.1) is 0 Å². The van der Waals surface area contributed by atoms with E-state index in [4.69, 9.17) is 0 Å². The van der Waals surface area contributed by atoms with Crippen molar-refractivity contribution >= 4 is 8.85 Å². The second kappa shape index (κ2) is 20.3. The first-order valence-corrected chi connectivity index (χ1v) is 4.68. The van der Waals surface area contributed by atoms with Crippen LogP contribution in [0.2, 0.25) is 0 Å². The second-order valence-electron chi connectivity index (χ2n) is 0. The van der Waals surface area contributed by atoms with Crippen molar-refractivity contribution in [3.8, 4) is 0 Å². The zero-order chi connectivity index (χ0) is 2.00. The van der Waals surface area contributed by atoms with Gasteiger partial charge in [0.15, 0.2) is 0 Å². The van der Waals surface area contributed by atoms with Crippen molar-refractivity contribution < 1.29 is 53.5 Å². The monoisotopic (exact) mass is 333 g/mol. The van der Waals surface area contributed by atoms with Crippen molar-refractivity contribution in [2.75, 3.05) is 0 Å². The molecule has 0 aromatic carbocycles. The fourth-order valence-corrected chi connectivity index (χ4v) is 0. The third-order valence-corrected chi connectivity index (χ3v) is 0. The van der Waals surface area contributed by atoms with Crippen LogP contribution in [-0.2, 0) is 53.5 Å². The molecule has 1 radical (unpaired) electrons. The summed E-state index contributed by atoms with van der Waals surface area (Å²) >= 11 is 3.08. The van der Waals surface area contributed by atoms with Gasteiger partial charge in [0, 0.05) is 38.1 Å². The first kappa shape index (κ1) is 16.8. The topological polar surface area (TPSA) is 0 Å². The summed E-state index contributed by atoms with van der Waals surface area (Å²) in [6.45, 7) is 0. The molecule has 0 saturated carbocycles. The van der Waals surface area contributed by atoms with Crippen molar-refractivity contribution in [3.05, 3.63) is 0 Å². The molecule has 0 N–H and O–H groups in total. The molecule has 0 spiro atoms. The molecule has 0 aliphatic rings. The van der Waals surface area contributed by atoms with Crippen LogP contribution in [-0.4, -0.2) is 8.85 Å². The minimum Gasteiger partial charge on any atom is 0 e. The number of rotatable bonds is 0. The maximum absolute atomic E-state index is 3.08. The van der Waals surface area contributed by atoms with Gasteiger partial charge in [0.25, 0.3) is 0 Å². The molecule has 0 aliphatic carbocycles. The van der Waals surface area contributed by atoms with Gasteiger partial charge in [-0.25, -0.2) is 0 Å². The van der Waals surface area contributed by atoms with E-state index in [9.17, 15) is 0 Å². The van der Waals surface area contributed by atoms with Gasteiger partial charge < -0.3 is 0 Å². The molecular weight excluding hydrogens is 330 g/mol. The molecule has 0 heterocycles. The van der Waals surface area contributed by atoms with E-state index in [1.807, 2.05) is 0 Å². The Balaban J connectivity index is -0.00000000500. The number of hydrogen-bond donors (Lipinski definition) is 0. The smallest absolute Gasteiger partial charge is 0 e. The molecule has 0 rings (SSSR count). The van der Waals surface area contributed by atoms with Crippen LogP contribution < -0.4 is 0 Å². The van der Waals surface area contributed by atoms with Crippen molar-refractivity contribution in [2.45, 2.75) is 0 Å². The normalized spacial score (nSPS) is 2.25. The number of hydrogen-bond acceptors (Lipinski definition) is 0. The Hall–Kier alpha value is 1.94. The zero-order valence-electron chi connectivity index (χ0n) is 2.09. The summed E-state index contributed by atoms with van der Waals surface area (Å²) in [6.07, 6.45) is 0. The standard InChI is InChI=1S/Cu.Mn.H3Si.W/h;;1H3;.